The zero-order valence-corrected chi connectivity index (χ0v) is 10.7. The summed E-state index contributed by atoms with van der Waals surface area (Å²) in [6.45, 7) is 2.66. The summed E-state index contributed by atoms with van der Waals surface area (Å²) < 4.78 is 0.683. The highest BCUT2D eigenvalue weighted by atomic mass is 79.9. The third-order valence-corrected chi connectivity index (χ3v) is 2.85. The molecule has 88 valence electrons. The minimum atomic E-state index is -0.197. The molecule has 0 aliphatic carbocycles. The molecule has 0 radical (unpaired) electrons. The molecule has 0 saturated carbocycles. The van der Waals surface area contributed by atoms with Crippen LogP contribution >= 0.6 is 15.9 Å². The minimum absolute atomic E-state index is 0.143. The van der Waals surface area contributed by atoms with Crippen molar-refractivity contribution in [3.8, 4) is 0 Å². The predicted molar refractivity (Wildman–Crippen MR) is 65.1 cm³/mol. The number of pyridine rings is 1. The summed E-state index contributed by atoms with van der Waals surface area (Å²) in [5, 5.41) is 11.5. The Morgan fingerprint density at radius 2 is 2.44 bits per heavy atom. The number of aliphatic hydroxyl groups is 1. The van der Waals surface area contributed by atoms with E-state index in [0.29, 0.717) is 23.1 Å². The molecule has 1 heterocycles. The lowest BCUT2D eigenvalue weighted by Gasteiger charge is -2.11. The number of halogens is 1. The third-order valence-electron chi connectivity index (χ3n) is 2.21. The van der Waals surface area contributed by atoms with Crippen molar-refractivity contribution < 1.29 is 9.90 Å². The number of aromatic nitrogens is 1. The number of carbonyl (C=O) groups is 1. The van der Waals surface area contributed by atoms with E-state index in [2.05, 4.69) is 26.2 Å². The average molecular weight is 287 g/mol. The van der Waals surface area contributed by atoms with Crippen LogP contribution < -0.4 is 5.32 Å². The van der Waals surface area contributed by atoms with Crippen LogP contribution in [0.15, 0.2) is 22.8 Å². The van der Waals surface area contributed by atoms with E-state index in [0.717, 1.165) is 0 Å². The van der Waals surface area contributed by atoms with Gasteiger partial charge in [0, 0.05) is 23.8 Å². The molecule has 5 heteroatoms. The molecule has 16 heavy (non-hydrogen) atoms. The van der Waals surface area contributed by atoms with Crippen molar-refractivity contribution in [1.82, 2.24) is 10.3 Å². The van der Waals surface area contributed by atoms with Crippen molar-refractivity contribution in [2.24, 2.45) is 5.92 Å². The molecule has 1 unspecified atom stereocenters. The lowest BCUT2D eigenvalue weighted by Crippen LogP contribution is -2.29. The number of nitrogens with one attached hydrogen (secondary N) is 1. The smallest absolute Gasteiger partial charge is 0.271 e. The first kappa shape index (κ1) is 13.1. The van der Waals surface area contributed by atoms with Gasteiger partial charge in [0.1, 0.15) is 5.69 Å². The first-order chi connectivity index (χ1) is 7.65. The van der Waals surface area contributed by atoms with Gasteiger partial charge in [-0.3, -0.25) is 4.79 Å². The molecule has 0 aromatic carbocycles. The fraction of sp³-hybridized carbons (Fsp3) is 0.455. The molecule has 0 saturated heterocycles. The molecular weight excluding hydrogens is 272 g/mol. The molecule has 0 fully saturated rings. The maximum atomic E-state index is 11.7. The average Bonchev–Trinajstić information content (AvgIpc) is 2.27. The van der Waals surface area contributed by atoms with Crippen LogP contribution in [0.2, 0.25) is 0 Å². The predicted octanol–water partition coefficient (Wildman–Crippen LogP) is 1.59. The molecule has 1 aromatic rings. The number of hydrogen-bond acceptors (Lipinski definition) is 3. The van der Waals surface area contributed by atoms with E-state index in [-0.39, 0.29) is 18.4 Å². The summed E-state index contributed by atoms with van der Waals surface area (Å²) in [5.41, 5.74) is 0.388. The number of carbonyl (C=O) groups excluding carboxylic acids is 1. The summed E-state index contributed by atoms with van der Waals surface area (Å²) in [7, 11) is 0. The van der Waals surface area contributed by atoms with Crippen molar-refractivity contribution in [2.45, 2.75) is 13.3 Å². The van der Waals surface area contributed by atoms with Gasteiger partial charge in [0.05, 0.1) is 0 Å². The molecule has 0 aliphatic rings. The van der Waals surface area contributed by atoms with Gasteiger partial charge in [-0.05, 0) is 40.4 Å². The SMILES string of the molecule is CC(CCO)CNC(=O)c1ncccc1Br. The molecule has 1 aromatic heterocycles. The van der Waals surface area contributed by atoms with Crippen molar-refractivity contribution in [1.29, 1.82) is 0 Å². The van der Waals surface area contributed by atoms with Crippen LogP contribution in [0.4, 0.5) is 0 Å². The van der Waals surface area contributed by atoms with Gasteiger partial charge >= 0.3 is 0 Å². The lowest BCUT2D eigenvalue weighted by molar-refractivity contribution is 0.0939. The van der Waals surface area contributed by atoms with Gasteiger partial charge in [-0.25, -0.2) is 4.98 Å². The van der Waals surface area contributed by atoms with E-state index >= 15 is 0 Å². The van der Waals surface area contributed by atoms with Crippen LogP contribution in [0.25, 0.3) is 0 Å². The second kappa shape index (κ2) is 6.60. The fourth-order valence-electron chi connectivity index (χ4n) is 1.23. The monoisotopic (exact) mass is 286 g/mol. The highest BCUT2D eigenvalue weighted by molar-refractivity contribution is 9.10. The Balaban J connectivity index is 2.50. The second-order valence-electron chi connectivity index (χ2n) is 3.66. The van der Waals surface area contributed by atoms with Crippen LogP contribution in [0, 0.1) is 5.92 Å². The maximum absolute atomic E-state index is 11.7. The van der Waals surface area contributed by atoms with E-state index in [1.54, 1.807) is 18.3 Å². The molecule has 2 N–H and O–H groups in total. The summed E-state index contributed by atoms with van der Waals surface area (Å²) in [6, 6.07) is 3.54. The molecule has 1 rings (SSSR count). The maximum Gasteiger partial charge on any atom is 0.271 e. The minimum Gasteiger partial charge on any atom is -0.396 e. The normalized spacial score (nSPS) is 12.2. The van der Waals surface area contributed by atoms with Gasteiger partial charge in [0.15, 0.2) is 0 Å². The Morgan fingerprint density at radius 3 is 3.06 bits per heavy atom. The van der Waals surface area contributed by atoms with Gasteiger partial charge < -0.3 is 10.4 Å². The second-order valence-corrected chi connectivity index (χ2v) is 4.52. The summed E-state index contributed by atoms with van der Waals surface area (Å²) >= 11 is 3.27. The lowest BCUT2D eigenvalue weighted by atomic mass is 10.1. The van der Waals surface area contributed by atoms with E-state index in [1.807, 2.05) is 6.92 Å². The van der Waals surface area contributed by atoms with Gasteiger partial charge in [0.25, 0.3) is 5.91 Å². The van der Waals surface area contributed by atoms with Gasteiger partial charge in [-0.15, -0.1) is 0 Å². The Bertz CT molecular complexity index is 358. The number of hydrogen-bond donors (Lipinski definition) is 2. The van der Waals surface area contributed by atoms with Crippen LogP contribution in [-0.2, 0) is 0 Å². The molecule has 0 bridgehead atoms. The van der Waals surface area contributed by atoms with Gasteiger partial charge in [-0.2, -0.15) is 0 Å². The fourth-order valence-corrected chi connectivity index (χ4v) is 1.66. The first-order valence-electron chi connectivity index (χ1n) is 5.14. The van der Waals surface area contributed by atoms with E-state index < -0.39 is 0 Å². The topological polar surface area (TPSA) is 62.2 Å². The van der Waals surface area contributed by atoms with Crippen LogP contribution in [0.1, 0.15) is 23.8 Å². The largest absolute Gasteiger partial charge is 0.396 e. The quantitative estimate of drug-likeness (QED) is 0.864. The Morgan fingerprint density at radius 1 is 1.69 bits per heavy atom. The Kier molecular flexibility index (Phi) is 5.42. The third kappa shape index (κ3) is 3.90. The van der Waals surface area contributed by atoms with Crippen LogP contribution in [0.3, 0.4) is 0 Å². The van der Waals surface area contributed by atoms with E-state index in [4.69, 9.17) is 5.11 Å². The zero-order chi connectivity index (χ0) is 12.0. The molecule has 0 aliphatic heterocycles. The van der Waals surface area contributed by atoms with Gasteiger partial charge in [0.2, 0.25) is 0 Å². The molecule has 0 spiro atoms. The highest BCUT2D eigenvalue weighted by Gasteiger charge is 2.11. The van der Waals surface area contributed by atoms with E-state index in [1.165, 1.54) is 0 Å². The van der Waals surface area contributed by atoms with Crippen LogP contribution in [0.5, 0.6) is 0 Å². The number of aliphatic hydroxyl groups excluding tert-OH is 1. The zero-order valence-electron chi connectivity index (χ0n) is 9.11. The molecular formula is C11H15BrN2O2. The number of amides is 1. The molecule has 1 amide bonds. The number of nitrogens with zero attached hydrogens (tertiary/aromatic N) is 1. The highest BCUT2D eigenvalue weighted by Crippen LogP contribution is 2.12. The Labute approximate surface area is 103 Å². The number of rotatable bonds is 5. The summed E-state index contributed by atoms with van der Waals surface area (Å²) in [4.78, 5) is 15.7. The summed E-state index contributed by atoms with van der Waals surface area (Å²) in [6.07, 6.45) is 2.26. The van der Waals surface area contributed by atoms with Crippen molar-refractivity contribution in [2.75, 3.05) is 13.2 Å². The summed E-state index contributed by atoms with van der Waals surface area (Å²) in [5.74, 6) is 0.0636. The molecule has 4 nitrogen and oxygen atoms in total. The van der Waals surface area contributed by atoms with Crippen LogP contribution in [-0.4, -0.2) is 29.1 Å². The van der Waals surface area contributed by atoms with Crippen molar-refractivity contribution >= 4 is 21.8 Å². The molecule has 1 atom stereocenters. The van der Waals surface area contributed by atoms with Gasteiger partial charge in [-0.1, -0.05) is 6.92 Å². The first-order valence-corrected chi connectivity index (χ1v) is 5.94. The Hall–Kier alpha value is -0.940. The van der Waals surface area contributed by atoms with Crippen molar-refractivity contribution in [3.05, 3.63) is 28.5 Å². The van der Waals surface area contributed by atoms with E-state index in [9.17, 15) is 4.79 Å². The standard InChI is InChI=1S/C11H15BrN2O2/c1-8(4-6-15)7-14-11(16)10-9(12)3-2-5-13-10/h2-3,5,8,15H,4,6-7H2,1H3,(H,14,16). The van der Waals surface area contributed by atoms with Crippen molar-refractivity contribution in [3.63, 3.8) is 0 Å².